The first-order valence-corrected chi connectivity index (χ1v) is 15.4. The number of nitrogens with one attached hydrogen (secondary N) is 2. The summed E-state index contributed by atoms with van der Waals surface area (Å²) in [5.74, 6) is 1.79. The number of carbonyl (C=O) groups excluding carboxylic acids is 2. The lowest BCUT2D eigenvalue weighted by atomic mass is 9.75. The summed E-state index contributed by atoms with van der Waals surface area (Å²) in [5.41, 5.74) is 2.92. The molecule has 40 heavy (non-hydrogen) atoms. The smallest absolute Gasteiger partial charge is 0.407 e. The Balaban J connectivity index is 1.37. The van der Waals surface area contributed by atoms with Crippen molar-refractivity contribution in [2.24, 2.45) is 11.8 Å². The number of aryl methyl sites for hydroxylation is 1. The van der Waals surface area contributed by atoms with Crippen molar-refractivity contribution >= 4 is 27.9 Å². The van der Waals surface area contributed by atoms with Gasteiger partial charge in [0.2, 0.25) is 5.91 Å². The quantitative estimate of drug-likeness (QED) is 0.340. The Morgan fingerprint density at radius 1 is 1.00 bits per heavy atom. The molecule has 1 atom stereocenters. The lowest BCUT2D eigenvalue weighted by molar-refractivity contribution is -0.127. The molecule has 2 aliphatic carbocycles. The van der Waals surface area contributed by atoms with Crippen LogP contribution in [0.5, 0.6) is 5.75 Å². The number of methoxy groups -OCH3 is 1. The molecule has 2 aromatic rings. The van der Waals surface area contributed by atoms with Gasteiger partial charge in [-0.25, -0.2) is 4.79 Å². The largest absolute Gasteiger partial charge is 0.496 e. The number of nitrogens with zero attached hydrogens (tertiary/aromatic N) is 1. The van der Waals surface area contributed by atoms with Crippen LogP contribution >= 0.6 is 15.9 Å². The van der Waals surface area contributed by atoms with Gasteiger partial charge in [0.05, 0.1) is 18.8 Å². The second-order valence-electron chi connectivity index (χ2n) is 12.4. The topological polar surface area (TPSA) is 89.6 Å². The molecule has 0 bridgehead atoms. The fourth-order valence-electron chi connectivity index (χ4n) is 6.21. The zero-order valence-corrected chi connectivity index (χ0v) is 26.1. The maximum atomic E-state index is 13.5. The Morgan fingerprint density at radius 3 is 2.30 bits per heavy atom. The summed E-state index contributed by atoms with van der Waals surface area (Å²) >= 11 is 3.59. The van der Waals surface area contributed by atoms with E-state index in [1.54, 1.807) is 13.3 Å². The molecule has 0 spiro atoms. The number of aromatic nitrogens is 1. The van der Waals surface area contributed by atoms with Crippen LogP contribution in [0.1, 0.15) is 101 Å². The van der Waals surface area contributed by atoms with E-state index in [1.807, 2.05) is 32.9 Å². The molecule has 2 saturated carbocycles. The van der Waals surface area contributed by atoms with Crippen LogP contribution in [0.4, 0.5) is 4.79 Å². The van der Waals surface area contributed by atoms with Crippen LogP contribution in [-0.4, -0.2) is 35.7 Å². The summed E-state index contributed by atoms with van der Waals surface area (Å²) in [4.78, 5) is 30.4. The number of hydrogen-bond acceptors (Lipinski definition) is 5. The van der Waals surface area contributed by atoms with Crippen LogP contribution in [-0.2, 0) is 9.53 Å². The molecule has 1 aromatic heterocycles. The summed E-state index contributed by atoms with van der Waals surface area (Å²) in [6.45, 7) is 7.67. The second-order valence-corrected chi connectivity index (χ2v) is 13.3. The van der Waals surface area contributed by atoms with E-state index in [9.17, 15) is 9.59 Å². The molecule has 1 unspecified atom stereocenters. The van der Waals surface area contributed by atoms with E-state index in [2.05, 4.69) is 56.7 Å². The number of halogens is 1. The van der Waals surface area contributed by atoms with Crippen LogP contribution in [0.15, 0.2) is 41.0 Å². The molecule has 0 saturated heterocycles. The van der Waals surface area contributed by atoms with Crippen molar-refractivity contribution in [3.63, 3.8) is 0 Å². The molecular formula is C32H44BrN3O4. The van der Waals surface area contributed by atoms with Crippen molar-refractivity contribution < 1.29 is 19.1 Å². The fourth-order valence-corrected chi connectivity index (χ4v) is 6.56. The molecule has 2 aliphatic rings. The van der Waals surface area contributed by atoms with Crippen LogP contribution in [0, 0.1) is 18.8 Å². The van der Waals surface area contributed by atoms with Gasteiger partial charge in [0.15, 0.2) is 0 Å². The third kappa shape index (κ3) is 8.21. The van der Waals surface area contributed by atoms with E-state index in [-0.39, 0.29) is 30.0 Å². The molecule has 8 heteroatoms. The predicted octanol–water partition coefficient (Wildman–Crippen LogP) is 7.38. The minimum Gasteiger partial charge on any atom is -0.496 e. The highest BCUT2D eigenvalue weighted by Gasteiger charge is 2.34. The van der Waals surface area contributed by atoms with Crippen LogP contribution < -0.4 is 15.4 Å². The summed E-state index contributed by atoms with van der Waals surface area (Å²) in [7, 11) is 1.71. The lowest BCUT2D eigenvalue weighted by Crippen LogP contribution is -2.44. The third-order valence-corrected chi connectivity index (χ3v) is 8.81. The molecular weight excluding hydrogens is 570 g/mol. The van der Waals surface area contributed by atoms with Crippen molar-refractivity contribution in [2.75, 3.05) is 7.11 Å². The SMILES string of the molecule is COc1ccc(C2CCC(C(NC(=O)C3CCC(NC(=O)OC(C)(C)C)CC3)c3cc(Br)ccn3)CC2)cc1C. The van der Waals surface area contributed by atoms with E-state index in [4.69, 9.17) is 9.47 Å². The number of rotatable bonds is 7. The summed E-state index contributed by atoms with van der Waals surface area (Å²) < 4.78 is 11.8. The highest BCUT2D eigenvalue weighted by Crippen LogP contribution is 2.42. The van der Waals surface area contributed by atoms with Crippen LogP contribution in [0.25, 0.3) is 0 Å². The average molecular weight is 615 g/mol. The normalized spacial score (nSPS) is 24.1. The molecule has 4 rings (SSSR count). The number of pyridine rings is 1. The maximum absolute atomic E-state index is 13.5. The molecule has 2 fully saturated rings. The van der Waals surface area contributed by atoms with Crippen LogP contribution in [0.3, 0.4) is 0 Å². The molecule has 0 aliphatic heterocycles. The number of amides is 2. The van der Waals surface area contributed by atoms with Gasteiger partial charge in [-0.05, 0) is 120 Å². The number of hydrogen-bond donors (Lipinski definition) is 2. The minimum atomic E-state index is -0.524. The molecule has 1 heterocycles. The van der Waals surface area contributed by atoms with Gasteiger partial charge in [-0.2, -0.15) is 0 Å². The molecule has 7 nitrogen and oxygen atoms in total. The molecule has 2 N–H and O–H groups in total. The van der Waals surface area contributed by atoms with E-state index in [1.165, 1.54) is 11.1 Å². The first-order chi connectivity index (χ1) is 19.0. The van der Waals surface area contributed by atoms with Gasteiger partial charge in [-0.1, -0.05) is 28.1 Å². The van der Waals surface area contributed by atoms with Crippen LogP contribution in [0.2, 0.25) is 0 Å². The van der Waals surface area contributed by atoms with Crippen molar-refractivity contribution in [1.82, 2.24) is 15.6 Å². The van der Waals surface area contributed by atoms with Gasteiger partial charge in [0.1, 0.15) is 11.4 Å². The van der Waals surface area contributed by atoms with Gasteiger partial charge in [-0.15, -0.1) is 0 Å². The Kier molecular flexibility index (Phi) is 10.1. The molecule has 218 valence electrons. The van der Waals surface area contributed by atoms with E-state index >= 15 is 0 Å². The lowest BCUT2D eigenvalue weighted by Gasteiger charge is -2.36. The van der Waals surface area contributed by atoms with Gasteiger partial charge in [0, 0.05) is 22.6 Å². The first kappa shape index (κ1) is 30.4. The van der Waals surface area contributed by atoms with Gasteiger partial charge in [0.25, 0.3) is 0 Å². The number of carbonyl (C=O) groups is 2. The zero-order valence-electron chi connectivity index (χ0n) is 24.5. The molecule has 0 radical (unpaired) electrons. The highest BCUT2D eigenvalue weighted by atomic mass is 79.9. The van der Waals surface area contributed by atoms with Gasteiger partial charge < -0.3 is 20.1 Å². The van der Waals surface area contributed by atoms with E-state index in [0.717, 1.165) is 67.3 Å². The first-order valence-electron chi connectivity index (χ1n) is 14.6. The summed E-state index contributed by atoms with van der Waals surface area (Å²) in [5, 5.41) is 6.39. The Hall–Kier alpha value is -2.61. The summed E-state index contributed by atoms with van der Waals surface area (Å²) in [6, 6.07) is 10.4. The standard InChI is InChI=1S/C32H44BrN3O4/c1-20-18-24(12-15-28(20)39-5)21-6-8-22(9-7-21)29(27-19-25(33)16-17-34-27)36-30(37)23-10-13-26(14-11-23)35-31(38)40-32(2,3)4/h12,15-19,21-23,26,29H,6-11,13-14H2,1-5H3,(H,35,38)(H,36,37). The Labute approximate surface area is 247 Å². The summed E-state index contributed by atoms with van der Waals surface area (Å²) in [6.07, 6.45) is 8.66. The maximum Gasteiger partial charge on any atom is 0.407 e. The number of benzene rings is 1. The third-order valence-electron chi connectivity index (χ3n) is 8.31. The highest BCUT2D eigenvalue weighted by molar-refractivity contribution is 9.10. The fraction of sp³-hybridized carbons (Fsp3) is 0.594. The molecule has 2 amide bonds. The Morgan fingerprint density at radius 2 is 1.70 bits per heavy atom. The van der Waals surface area contributed by atoms with Crippen molar-refractivity contribution in [3.05, 3.63) is 57.8 Å². The number of alkyl carbamates (subject to hydrolysis) is 1. The molecule has 1 aromatic carbocycles. The zero-order chi connectivity index (χ0) is 28.9. The Bertz CT molecular complexity index is 1160. The van der Waals surface area contributed by atoms with E-state index in [0.29, 0.717) is 11.8 Å². The van der Waals surface area contributed by atoms with Crippen molar-refractivity contribution in [2.45, 2.75) is 103 Å². The second kappa shape index (κ2) is 13.4. The van der Waals surface area contributed by atoms with Gasteiger partial charge in [-0.3, -0.25) is 9.78 Å². The average Bonchev–Trinajstić information content (AvgIpc) is 2.91. The monoisotopic (exact) mass is 613 g/mol. The van der Waals surface area contributed by atoms with Gasteiger partial charge >= 0.3 is 6.09 Å². The minimum absolute atomic E-state index is 0.0401. The number of ether oxygens (including phenoxy) is 2. The predicted molar refractivity (Wildman–Crippen MR) is 160 cm³/mol. The van der Waals surface area contributed by atoms with E-state index < -0.39 is 5.60 Å². The van der Waals surface area contributed by atoms with Crippen molar-refractivity contribution in [3.8, 4) is 5.75 Å². The van der Waals surface area contributed by atoms with Crippen molar-refractivity contribution in [1.29, 1.82) is 0 Å².